The smallest absolute Gasteiger partial charge is 0.221 e. The summed E-state index contributed by atoms with van der Waals surface area (Å²) in [5.41, 5.74) is 0. The summed E-state index contributed by atoms with van der Waals surface area (Å²) in [6.45, 7) is 7.47. The highest BCUT2D eigenvalue weighted by Crippen LogP contribution is 2.10. The molecule has 0 saturated heterocycles. The molecule has 0 spiro atoms. The van der Waals surface area contributed by atoms with Crippen molar-refractivity contribution in [3.05, 3.63) is 0 Å². The minimum Gasteiger partial charge on any atom is -0.341 e. The fourth-order valence-corrected chi connectivity index (χ4v) is 2.48. The van der Waals surface area contributed by atoms with Gasteiger partial charge in [0.05, 0.1) is 6.17 Å². The molecule has 126 valence electrons. The molecule has 0 fully saturated rings. The molecule has 0 aliphatic rings. The molecule has 0 aliphatic carbocycles. The summed E-state index contributed by atoms with van der Waals surface area (Å²) >= 11 is 0. The minimum atomic E-state index is 0.149. The van der Waals surface area contributed by atoms with Crippen LogP contribution in [0, 0.1) is 0 Å². The summed E-state index contributed by atoms with van der Waals surface area (Å²) in [6.07, 6.45) is 14.6. The van der Waals surface area contributed by atoms with E-state index in [4.69, 9.17) is 0 Å². The number of carbonyl (C=O) groups is 1. The van der Waals surface area contributed by atoms with Crippen LogP contribution in [0.1, 0.15) is 97.8 Å². The van der Waals surface area contributed by atoms with E-state index in [1.165, 1.54) is 51.4 Å². The number of unbranched alkanes of at least 4 members (excludes halogenated alkanes) is 8. The molecule has 3 nitrogen and oxygen atoms in total. The van der Waals surface area contributed by atoms with Gasteiger partial charge in [-0.1, -0.05) is 72.1 Å². The zero-order valence-corrected chi connectivity index (χ0v) is 14.7. The minimum absolute atomic E-state index is 0.149. The van der Waals surface area contributed by atoms with Crippen LogP contribution < -0.4 is 10.6 Å². The molecule has 0 aromatic heterocycles. The van der Waals surface area contributed by atoms with E-state index >= 15 is 0 Å². The summed E-state index contributed by atoms with van der Waals surface area (Å²) in [7, 11) is 0. The lowest BCUT2D eigenvalue weighted by Crippen LogP contribution is -2.45. The molecule has 3 heteroatoms. The van der Waals surface area contributed by atoms with Gasteiger partial charge >= 0.3 is 0 Å². The lowest BCUT2D eigenvalue weighted by Gasteiger charge is -2.18. The lowest BCUT2D eigenvalue weighted by molar-refractivity contribution is -0.122. The molecule has 0 heterocycles. The van der Waals surface area contributed by atoms with Crippen LogP contribution in [0.15, 0.2) is 0 Å². The number of hydrogen-bond acceptors (Lipinski definition) is 2. The summed E-state index contributed by atoms with van der Waals surface area (Å²) < 4.78 is 0. The Bertz CT molecular complexity index is 231. The molecule has 1 amide bonds. The topological polar surface area (TPSA) is 41.1 Å². The van der Waals surface area contributed by atoms with Crippen molar-refractivity contribution < 1.29 is 4.79 Å². The third-order valence-electron chi connectivity index (χ3n) is 3.89. The normalized spacial score (nSPS) is 12.3. The molecule has 0 saturated carbocycles. The summed E-state index contributed by atoms with van der Waals surface area (Å²) in [5.74, 6) is 0.202. The molecule has 0 radical (unpaired) electrons. The largest absolute Gasteiger partial charge is 0.341 e. The van der Waals surface area contributed by atoms with Crippen molar-refractivity contribution >= 4 is 5.91 Å². The van der Waals surface area contributed by atoms with E-state index in [-0.39, 0.29) is 12.1 Å². The molecular formula is C18H38N2O. The van der Waals surface area contributed by atoms with Crippen molar-refractivity contribution in [3.8, 4) is 0 Å². The highest BCUT2D eigenvalue weighted by molar-refractivity contribution is 5.76. The maximum absolute atomic E-state index is 11.8. The molecule has 1 unspecified atom stereocenters. The lowest BCUT2D eigenvalue weighted by atomic mass is 10.1. The maximum atomic E-state index is 11.8. The van der Waals surface area contributed by atoms with E-state index in [1.807, 2.05) is 0 Å². The van der Waals surface area contributed by atoms with Gasteiger partial charge in [-0.3, -0.25) is 10.1 Å². The van der Waals surface area contributed by atoms with Gasteiger partial charge in [0.2, 0.25) is 5.91 Å². The van der Waals surface area contributed by atoms with Gasteiger partial charge in [0, 0.05) is 6.42 Å². The quantitative estimate of drug-likeness (QED) is 0.338. The van der Waals surface area contributed by atoms with Gasteiger partial charge in [0.25, 0.3) is 0 Å². The number of hydrogen-bond donors (Lipinski definition) is 2. The Balaban J connectivity index is 3.40. The number of rotatable bonds is 15. The predicted octanol–water partition coefficient (Wildman–Crippen LogP) is 4.76. The summed E-state index contributed by atoms with van der Waals surface area (Å²) in [6, 6.07) is 0. The van der Waals surface area contributed by atoms with Crippen LogP contribution in [0.2, 0.25) is 0 Å². The van der Waals surface area contributed by atoms with Gasteiger partial charge in [-0.25, -0.2) is 0 Å². The molecule has 2 N–H and O–H groups in total. The Labute approximate surface area is 132 Å². The first-order chi connectivity index (χ1) is 10.2. The van der Waals surface area contributed by atoms with E-state index in [9.17, 15) is 4.79 Å². The van der Waals surface area contributed by atoms with Crippen molar-refractivity contribution in [2.75, 3.05) is 6.54 Å². The van der Waals surface area contributed by atoms with Crippen molar-refractivity contribution in [3.63, 3.8) is 0 Å². The number of nitrogens with one attached hydrogen (secondary N) is 2. The zero-order valence-electron chi connectivity index (χ0n) is 14.7. The Hall–Kier alpha value is -0.570. The molecule has 0 bridgehead atoms. The first kappa shape index (κ1) is 20.4. The first-order valence-electron chi connectivity index (χ1n) is 9.27. The monoisotopic (exact) mass is 298 g/mol. The fourth-order valence-electron chi connectivity index (χ4n) is 2.48. The molecule has 0 aromatic carbocycles. The Morgan fingerprint density at radius 2 is 1.38 bits per heavy atom. The third-order valence-corrected chi connectivity index (χ3v) is 3.89. The van der Waals surface area contributed by atoms with Crippen molar-refractivity contribution in [2.45, 2.75) is 104 Å². The second kappa shape index (κ2) is 15.8. The highest BCUT2D eigenvalue weighted by atomic mass is 16.1. The van der Waals surface area contributed by atoms with Crippen molar-refractivity contribution in [2.24, 2.45) is 0 Å². The summed E-state index contributed by atoms with van der Waals surface area (Å²) in [5, 5.41) is 6.43. The second-order valence-electron chi connectivity index (χ2n) is 6.06. The number of carbonyl (C=O) groups excluding carboxylic acids is 1. The van der Waals surface area contributed by atoms with Gasteiger partial charge in [0.15, 0.2) is 0 Å². The molecule has 21 heavy (non-hydrogen) atoms. The van der Waals surface area contributed by atoms with Crippen molar-refractivity contribution in [1.82, 2.24) is 10.6 Å². The molecule has 0 aliphatic heterocycles. The second-order valence-corrected chi connectivity index (χ2v) is 6.06. The van der Waals surface area contributed by atoms with Gasteiger partial charge in [-0.2, -0.15) is 0 Å². The standard InChI is InChI=1S/C18H38N2O/c1-4-7-8-9-10-11-12-13-14-15-18(21)20-17(6-3)19-16-5-2/h17,19H,4-16H2,1-3H3,(H,20,21). The van der Waals surface area contributed by atoms with E-state index in [0.717, 1.165) is 25.8 Å². The first-order valence-corrected chi connectivity index (χ1v) is 9.27. The van der Waals surface area contributed by atoms with Crippen LogP contribution in [0.5, 0.6) is 0 Å². The average Bonchev–Trinajstić information content (AvgIpc) is 2.49. The molecular weight excluding hydrogens is 260 g/mol. The molecule has 0 aromatic rings. The third kappa shape index (κ3) is 14.1. The van der Waals surface area contributed by atoms with Crippen LogP contribution in [-0.2, 0) is 4.79 Å². The van der Waals surface area contributed by atoms with Crippen LogP contribution in [0.3, 0.4) is 0 Å². The van der Waals surface area contributed by atoms with Gasteiger partial charge in [-0.15, -0.1) is 0 Å². The zero-order chi connectivity index (χ0) is 15.8. The molecule has 1 atom stereocenters. The fraction of sp³-hybridized carbons (Fsp3) is 0.944. The highest BCUT2D eigenvalue weighted by Gasteiger charge is 2.08. The summed E-state index contributed by atoms with van der Waals surface area (Å²) in [4.78, 5) is 11.8. The van der Waals surface area contributed by atoms with Crippen molar-refractivity contribution in [1.29, 1.82) is 0 Å². The van der Waals surface area contributed by atoms with E-state index in [2.05, 4.69) is 31.4 Å². The van der Waals surface area contributed by atoms with Crippen LogP contribution >= 0.6 is 0 Å². The van der Waals surface area contributed by atoms with Crippen LogP contribution in [0.4, 0.5) is 0 Å². The van der Waals surface area contributed by atoms with Gasteiger partial charge in [0.1, 0.15) is 0 Å². The van der Waals surface area contributed by atoms with E-state index in [0.29, 0.717) is 6.42 Å². The predicted molar refractivity (Wildman–Crippen MR) is 92.4 cm³/mol. The Morgan fingerprint density at radius 1 is 0.810 bits per heavy atom. The maximum Gasteiger partial charge on any atom is 0.221 e. The van der Waals surface area contributed by atoms with Crippen LogP contribution in [0.25, 0.3) is 0 Å². The molecule has 0 rings (SSSR count). The van der Waals surface area contributed by atoms with Gasteiger partial charge < -0.3 is 5.32 Å². The van der Waals surface area contributed by atoms with E-state index in [1.54, 1.807) is 0 Å². The van der Waals surface area contributed by atoms with Gasteiger partial charge in [-0.05, 0) is 25.8 Å². The van der Waals surface area contributed by atoms with Crippen LogP contribution in [-0.4, -0.2) is 18.6 Å². The average molecular weight is 299 g/mol. The van der Waals surface area contributed by atoms with E-state index < -0.39 is 0 Å². The SMILES string of the molecule is CCCCCCCCCCCC(=O)NC(CC)NCCC. The number of amides is 1. The Kier molecular flexibility index (Phi) is 15.4. The Morgan fingerprint density at radius 3 is 1.90 bits per heavy atom.